The van der Waals surface area contributed by atoms with Crippen LogP contribution in [-0.2, 0) is 37.3 Å². The summed E-state index contributed by atoms with van der Waals surface area (Å²) in [5.74, 6) is -0.0456. The third-order valence-electron chi connectivity index (χ3n) is 3.80. The monoisotopic (exact) mass is 503 g/mol. The topological polar surface area (TPSA) is 287 Å². The smallest absolute Gasteiger partial charge is 0.282 e. The Balaban J connectivity index is 1.88. The number of phosphoric ester groups is 2. The number of aliphatic hydroxyl groups is 1. The van der Waals surface area contributed by atoms with E-state index >= 15 is 0 Å². The molecule has 0 bridgehead atoms. The maximum Gasteiger partial charge on any atom is 0.282 e. The standard InChI is InChI=1S/C10H15N5O13P2S/c11-8-5-9(13-2-12-8)15(3-14-5)10-6(16)7(27-29(17,18)19)4(26-10)1-25-30(20,21)28-31(22,23)24/h2-4,6-7,10,16H,1H2,(H,20,21)(H2,11,12,13)(H2,17,18,19)(H,22,23,24)/p-4/t4-,6-,7-,10-/m1/s1. The van der Waals surface area contributed by atoms with E-state index in [4.69, 9.17) is 10.5 Å². The molecule has 31 heavy (non-hydrogen) atoms. The molecule has 174 valence electrons. The van der Waals surface area contributed by atoms with Crippen LogP contribution in [0.2, 0.25) is 0 Å². The van der Waals surface area contributed by atoms with Gasteiger partial charge in [0.25, 0.3) is 7.82 Å². The Bertz CT molecular complexity index is 1170. The summed E-state index contributed by atoms with van der Waals surface area (Å²) >= 11 is 0. The Morgan fingerprint density at radius 2 is 1.94 bits per heavy atom. The number of rotatable bonds is 8. The van der Waals surface area contributed by atoms with Crippen molar-refractivity contribution in [3.8, 4) is 0 Å². The van der Waals surface area contributed by atoms with Crippen molar-refractivity contribution in [2.75, 3.05) is 12.3 Å². The van der Waals surface area contributed by atoms with Gasteiger partial charge < -0.3 is 48.4 Å². The largest absolute Gasteiger partial charge is 0.790 e. The van der Waals surface area contributed by atoms with E-state index in [2.05, 4.69) is 28.0 Å². The number of anilines is 1. The van der Waals surface area contributed by atoms with Crippen molar-refractivity contribution in [1.29, 1.82) is 0 Å². The summed E-state index contributed by atoms with van der Waals surface area (Å²) in [6, 6.07) is 0. The summed E-state index contributed by atoms with van der Waals surface area (Å²) in [7, 11) is -17.2. The molecule has 0 aromatic carbocycles. The first-order valence-electron chi connectivity index (χ1n) is 7.76. The Morgan fingerprint density at radius 1 is 1.26 bits per heavy atom. The molecule has 5 atom stereocenters. The van der Waals surface area contributed by atoms with Gasteiger partial charge in [-0.3, -0.25) is 9.13 Å². The van der Waals surface area contributed by atoms with Crippen LogP contribution in [0.3, 0.4) is 0 Å². The minimum Gasteiger partial charge on any atom is -0.790 e. The van der Waals surface area contributed by atoms with Gasteiger partial charge in [0.05, 0.1) is 20.8 Å². The third kappa shape index (κ3) is 5.80. The fourth-order valence-corrected chi connectivity index (χ4v) is 4.67. The number of aromatic nitrogens is 4. The number of nitrogens with two attached hydrogens (primary N) is 1. The van der Waals surface area contributed by atoms with Crippen LogP contribution >= 0.6 is 15.6 Å². The van der Waals surface area contributed by atoms with E-state index in [-0.39, 0.29) is 17.0 Å². The van der Waals surface area contributed by atoms with E-state index in [0.29, 0.717) is 0 Å². The summed E-state index contributed by atoms with van der Waals surface area (Å²) in [6.07, 6.45) is -5.14. The van der Waals surface area contributed by atoms with Gasteiger partial charge in [0.15, 0.2) is 17.7 Å². The number of hydrogen-bond acceptors (Lipinski definition) is 17. The normalized spacial score (nSPS) is 26.9. The predicted octanol–water partition coefficient (Wildman–Crippen LogP) is -4.16. The lowest BCUT2D eigenvalue weighted by atomic mass is 10.1. The molecule has 2 aromatic rings. The molecule has 1 aliphatic heterocycles. The first kappa shape index (κ1) is 24.1. The molecular formula is C10H11N5O13P2S-4. The predicted molar refractivity (Wildman–Crippen MR) is 86.5 cm³/mol. The quantitative estimate of drug-likeness (QED) is 0.196. The van der Waals surface area contributed by atoms with Crippen LogP contribution in [0.5, 0.6) is 0 Å². The number of phosphoric acid groups is 2. The number of hydrogen-bond donors (Lipinski definition) is 2. The molecule has 1 saturated heterocycles. The van der Waals surface area contributed by atoms with Crippen molar-refractivity contribution in [3.63, 3.8) is 0 Å². The minimum absolute atomic E-state index is 0.0135. The van der Waals surface area contributed by atoms with Gasteiger partial charge in [-0.15, -0.1) is 0 Å². The van der Waals surface area contributed by atoms with Crippen LogP contribution in [0.15, 0.2) is 12.7 Å². The molecule has 1 aliphatic rings. The average molecular weight is 503 g/mol. The van der Waals surface area contributed by atoms with Crippen molar-refractivity contribution in [2.45, 2.75) is 24.5 Å². The van der Waals surface area contributed by atoms with E-state index in [1.54, 1.807) is 0 Å². The van der Waals surface area contributed by atoms with Crippen LogP contribution in [0.4, 0.5) is 5.82 Å². The van der Waals surface area contributed by atoms with Gasteiger partial charge in [-0.25, -0.2) is 27.3 Å². The van der Waals surface area contributed by atoms with Gasteiger partial charge in [-0.1, -0.05) is 0 Å². The Labute approximate surface area is 172 Å². The van der Waals surface area contributed by atoms with Gasteiger partial charge >= 0.3 is 0 Å². The zero-order valence-corrected chi connectivity index (χ0v) is 17.3. The lowest BCUT2D eigenvalue weighted by molar-refractivity contribution is -0.347. The number of ether oxygens (including phenoxy) is 1. The van der Waals surface area contributed by atoms with Crippen LogP contribution in [0.25, 0.3) is 11.2 Å². The second kappa shape index (κ2) is 8.39. The lowest BCUT2D eigenvalue weighted by Crippen LogP contribution is -2.38. The van der Waals surface area contributed by atoms with E-state index in [1.807, 2.05) is 0 Å². The molecule has 3 N–H and O–H groups in total. The summed E-state index contributed by atoms with van der Waals surface area (Å²) in [5.41, 5.74) is 5.73. The number of fused-ring (bicyclic) bond motifs is 1. The Hall–Kier alpha value is -1.60. The number of nitrogen functional groups attached to an aromatic ring is 1. The molecule has 2 aromatic heterocycles. The molecule has 1 fully saturated rings. The van der Waals surface area contributed by atoms with Crippen molar-refractivity contribution in [1.82, 2.24) is 19.5 Å². The van der Waals surface area contributed by atoms with Crippen LogP contribution < -0.4 is 20.4 Å². The molecule has 21 heteroatoms. The van der Waals surface area contributed by atoms with Gasteiger partial charge in [-0.2, -0.15) is 0 Å². The van der Waals surface area contributed by atoms with E-state index in [9.17, 15) is 41.9 Å². The maximum absolute atomic E-state index is 11.4. The summed E-state index contributed by atoms with van der Waals surface area (Å²) in [6.45, 7) is -1.21. The van der Waals surface area contributed by atoms with Crippen molar-refractivity contribution in [3.05, 3.63) is 12.7 Å². The van der Waals surface area contributed by atoms with E-state index in [0.717, 1.165) is 17.2 Å². The first-order chi connectivity index (χ1) is 14.2. The van der Waals surface area contributed by atoms with Crippen LogP contribution in [0, 0.1) is 0 Å². The number of aliphatic hydroxyl groups excluding tert-OH is 1. The van der Waals surface area contributed by atoms with Gasteiger partial charge in [0.2, 0.25) is 10.4 Å². The van der Waals surface area contributed by atoms with Crippen molar-refractivity contribution >= 4 is 43.0 Å². The SMILES string of the molecule is Nc1ncnc2c1ncn2[C@@H]1O[C@H](COP(=O)([O-])OS(=O)(=O)[O-])[C@@H](OP(=O)([O-])[O-])[C@H]1O. The summed E-state index contributed by atoms with van der Waals surface area (Å²) in [4.78, 5) is 45.0. The Morgan fingerprint density at radius 3 is 2.55 bits per heavy atom. The van der Waals surface area contributed by atoms with Gasteiger partial charge in [0.1, 0.15) is 30.2 Å². The highest BCUT2D eigenvalue weighted by Gasteiger charge is 2.47. The number of nitrogens with zero attached hydrogens (tertiary/aromatic N) is 4. The van der Waals surface area contributed by atoms with Crippen molar-refractivity contribution < 1.29 is 59.6 Å². The molecular weight excluding hydrogens is 492 g/mol. The van der Waals surface area contributed by atoms with Crippen LogP contribution in [-0.4, -0.2) is 62.5 Å². The van der Waals surface area contributed by atoms with Crippen LogP contribution in [0.1, 0.15) is 6.23 Å². The first-order valence-corrected chi connectivity index (χ1v) is 12.0. The molecule has 0 amide bonds. The second-order valence-electron chi connectivity index (χ2n) is 5.88. The molecule has 0 aliphatic carbocycles. The zero-order chi connectivity index (χ0) is 23.2. The Kier molecular flexibility index (Phi) is 6.51. The molecule has 0 spiro atoms. The second-order valence-corrected chi connectivity index (χ2v) is 9.55. The molecule has 0 saturated carbocycles. The fraction of sp³-hybridized carbons (Fsp3) is 0.500. The third-order valence-corrected chi connectivity index (χ3v) is 6.23. The van der Waals surface area contributed by atoms with Gasteiger partial charge in [-0.05, 0) is 0 Å². The fourth-order valence-electron chi connectivity index (χ4n) is 2.72. The molecule has 0 radical (unpaired) electrons. The van der Waals surface area contributed by atoms with E-state index < -0.39 is 57.2 Å². The highest BCUT2D eigenvalue weighted by Crippen LogP contribution is 2.44. The number of imidazole rings is 1. The summed E-state index contributed by atoms with van der Waals surface area (Å²) < 4.78 is 71.8. The minimum atomic E-state index is -5.74. The van der Waals surface area contributed by atoms with E-state index in [1.165, 1.54) is 0 Å². The lowest BCUT2D eigenvalue weighted by Gasteiger charge is -2.34. The molecule has 3 rings (SSSR count). The zero-order valence-electron chi connectivity index (χ0n) is 14.7. The van der Waals surface area contributed by atoms with Gasteiger partial charge in [0, 0.05) is 0 Å². The highest BCUT2D eigenvalue weighted by molar-refractivity contribution is 7.85. The van der Waals surface area contributed by atoms with Crippen molar-refractivity contribution in [2.24, 2.45) is 0 Å². The maximum atomic E-state index is 11.4. The molecule has 18 nitrogen and oxygen atoms in total. The highest BCUT2D eigenvalue weighted by atomic mass is 32.3. The average Bonchev–Trinajstić information content (AvgIpc) is 3.13. The molecule has 1 unspecified atom stereocenters. The summed E-state index contributed by atoms with van der Waals surface area (Å²) in [5, 5.41) is 10.4. The molecule has 3 heterocycles.